The topological polar surface area (TPSA) is 167 Å². The molecule has 1 fully saturated rings. The number of carbonyl (C=O) groups excluding carboxylic acids is 3. The fourth-order valence-corrected chi connectivity index (χ4v) is 3.06. The lowest BCUT2D eigenvalue weighted by molar-refractivity contribution is -0.262. The van der Waals surface area contributed by atoms with E-state index < -0.39 is 36.5 Å². The second-order valence-electron chi connectivity index (χ2n) is 7.05. The first-order valence-corrected chi connectivity index (χ1v) is 10.3. The number of esters is 2. The molecule has 182 valence electrons. The van der Waals surface area contributed by atoms with Gasteiger partial charge in [-0.15, -0.1) is 0 Å². The highest BCUT2D eigenvalue weighted by Gasteiger charge is 2.47. The fourth-order valence-electron chi connectivity index (χ4n) is 3.06. The van der Waals surface area contributed by atoms with Crippen molar-refractivity contribution in [3.05, 3.63) is 10.4 Å². The van der Waals surface area contributed by atoms with E-state index in [1.165, 1.54) is 20.8 Å². The van der Waals surface area contributed by atoms with Gasteiger partial charge in [0, 0.05) is 38.1 Å². The van der Waals surface area contributed by atoms with Crippen molar-refractivity contribution < 1.29 is 42.8 Å². The van der Waals surface area contributed by atoms with Gasteiger partial charge in [0.25, 0.3) is 0 Å². The van der Waals surface area contributed by atoms with E-state index in [2.05, 4.69) is 15.3 Å². The standard InChI is InChI=1S/C19H32N4O9/c1-12-16(11-30-14(3)25)32-19(17(22-13(2)24)18(12)31-15(4)26)29-10-9-28-8-7-27-6-5-21-23-20/h12,16-19H,5-11H2,1-4H3,(H,22,24)/t12-,16+,17+,18-,19+/m0/s1. The van der Waals surface area contributed by atoms with Crippen LogP contribution in [0.5, 0.6) is 0 Å². The largest absolute Gasteiger partial charge is 0.463 e. The summed E-state index contributed by atoms with van der Waals surface area (Å²) in [4.78, 5) is 37.2. The van der Waals surface area contributed by atoms with E-state index in [1.807, 2.05) is 0 Å². The Morgan fingerprint density at radius 2 is 1.69 bits per heavy atom. The third-order valence-electron chi connectivity index (χ3n) is 4.46. The Kier molecular flexibility index (Phi) is 13.3. The number of nitrogens with zero attached hydrogens (tertiary/aromatic N) is 3. The van der Waals surface area contributed by atoms with Crippen LogP contribution in [0.25, 0.3) is 10.4 Å². The molecule has 0 aromatic heterocycles. The predicted octanol–water partition coefficient (Wildman–Crippen LogP) is 0.707. The second-order valence-corrected chi connectivity index (χ2v) is 7.05. The van der Waals surface area contributed by atoms with E-state index in [9.17, 15) is 14.4 Å². The highest BCUT2D eigenvalue weighted by Crippen LogP contribution is 2.29. The van der Waals surface area contributed by atoms with E-state index in [0.29, 0.717) is 19.8 Å². The quantitative estimate of drug-likeness (QED) is 0.129. The van der Waals surface area contributed by atoms with Crippen LogP contribution in [-0.2, 0) is 42.8 Å². The molecule has 0 aromatic rings. The monoisotopic (exact) mass is 460 g/mol. The van der Waals surface area contributed by atoms with Gasteiger partial charge in [0.1, 0.15) is 24.9 Å². The van der Waals surface area contributed by atoms with Crippen molar-refractivity contribution in [3.63, 3.8) is 0 Å². The van der Waals surface area contributed by atoms with E-state index in [0.717, 1.165) is 0 Å². The summed E-state index contributed by atoms with van der Waals surface area (Å²) >= 11 is 0. The number of hydrogen-bond acceptors (Lipinski definition) is 10. The first-order valence-electron chi connectivity index (χ1n) is 10.3. The van der Waals surface area contributed by atoms with E-state index in [-0.39, 0.29) is 38.2 Å². The molecule has 1 saturated heterocycles. The first kappa shape index (κ1) is 27.6. The zero-order chi connectivity index (χ0) is 23.9. The lowest BCUT2D eigenvalue weighted by Crippen LogP contribution is -2.63. The van der Waals surface area contributed by atoms with Crippen LogP contribution in [-0.4, -0.2) is 88.6 Å². The van der Waals surface area contributed by atoms with Gasteiger partial charge >= 0.3 is 11.9 Å². The number of amides is 1. The Hall–Kier alpha value is -2.44. The number of carbonyl (C=O) groups is 3. The lowest BCUT2D eigenvalue weighted by Gasteiger charge is -2.44. The van der Waals surface area contributed by atoms with Crippen molar-refractivity contribution in [3.8, 4) is 0 Å². The predicted molar refractivity (Wildman–Crippen MR) is 109 cm³/mol. The molecule has 32 heavy (non-hydrogen) atoms. The molecule has 0 bridgehead atoms. The van der Waals surface area contributed by atoms with Crippen LogP contribution in [0.3, 0.4) is 0 Å². The molecule has 0 saturated carbocycles. The van der Waals surface area contributed by atoms with Crippen molar-refractivity contribution in [2.75, 3.05) is 46.2 Å². The molecule has 0 unspecified atom stereocenters. The third-order valence-corrected chi connectivity index (χ3v) is 4.46. The summed E-state index contributed by atoms with van der Waals surface area (Å²) in [6.45, 7) is 7.14. The highest BCUT2D eigenvalue weighted by molar-refractivity contribution is 5.73. The molecule has 1 aliphatic heterocycles. The zero-order valence-electron chi connectivity index (χ0n) is 18.9. The van der Waals surface area contributed by atoms with Gasteiger partial charge in [-0.3, -0.25) is 14.4 Å². The molecule has 13 nitrogen and oxygen atoms in total. The average Bonchev–Trinajstić information content (AvgIpc) is 2.71. The van der Waals surface area contributed by atoms with E-state index in [1.54, 1.807) is 6.92 Å². The Balaban J connectivity index is 2.65. The van der Waals surface area contributed by atoms with Gasteiger partial charge < -0.3 is 33.7 Å². The van der Waals surface area contributed by atoms with Gasteiger partial charge in [0.2, 0.25) is 5.91 Å². The summed E-state index contributed by atoms with van der Waals surface area (Å²) in [6, 6.07) is -0.760. The summed E-state index contributed by atoms with van der Waals surface area (Å²) in [5, 5.41) is 6.07. The summed E-state index contributed by atoms with van der Waals surface area (Å²) in [7, 11) is 0. The molecule has 1 amide bonds. The van der Waals surface area contributed by atoms with Gasteiger partial charge in [0.05, 0.1) is 33.0 Å². The summed E-state index contributed by atoms with van der Waals surface area (Å²) in [6.07, 6.45) is -2.31. The number of azide groups is 1. The minimum Gasteiger partial charge on any atom is -0.463 e. The minimum atomic E-state index is -0.955. The van der Waals surface area contributed by atoms with E-state index >= 15 is 0 Å². The minimum absolute atomic E-state index is 0.0510. The Labute approximate surface area is 186 Å². The molecule has 0 spiro atoms. The molecule has 1 heterocycles. The van der Waals surface area contributed by atoms with Crippen molar-refractivity contribution in [2.24, 2.45) is 11.0 Å². The Bertz CT molecular complexity index is 657. The van der Waals surface area contributed by atoms with Crippen molar-refractivity contribution in [1.29, 1.82) is 0 Å². The van der Waals surface area contributed by atoms with Crippen LogP contribution >= 0.6 is 0 Å². The van der Waals surface area contributed by atoms with Gasteiger partial charge in [-0.1, -0.05) is 12.0 Å². The third kappa shape index (κ3) is 10.7. The maximum absolute atomic E-state index is 11.7. The van der Waals surface area contributed by atoms with Crippen LogP contribution in [0.2, 0.25) is 0 Å². The molecular weight excluding hydrogens is 428 g/mol. The highest BCUT2D eigenvalue weighted by atomic mass is 16.7. The molecule has 1 N–H and O–H groups in total. The van der Waals surface area contributed by atoms with Crippen LogP contribution < -0.4 is 5.32 Å². The van der Waals surface area contributed by atoms with Crippen molar-refractivity contribution >= 4 is 17.8 Å². The zero-order valence-corrected chi connectivity index (χ0v) is 18.9. The number of hydrogen-bond donors (Lipinski definition) is 1. The molecule has 0 aliphatic carbocycles. The van der Waals surface area contributed by atoms with Crippen LogP contribution in [0, 0.1) is 5.92 Å². The molecule has 1 aliphatic rings. The number of rotatable bonds is 14. The maximum atomic E-state index is 11.7. The maximum Gasteiger partial charge on any atom is 0.302 e. The number of ether oxygens (including phenoxy) is 6. The van der Waals surface area contributed by atoms with Gasteiger partial charge in [0.15, 0.2) is 6.29 Å². The Morgan fingerprint density at radius 3 is 2.28 bits per heavy atom. The Morgan fingerprint density at radius 1 is 1.03 bits per heavy atom. The van der Waals surface area contributed by atoms with Crippen LogP contribution in [0.15, 0.2) is 5.11 Å². The summed E-state index contributed by atoms with van der Waals surface area (Å²) < 4.78 is 32.8. The molecular formula is C19H32N4O9. The fraction of sp³-hybridized carbons (Fsp3) is 0.842. The molecule has 13 heteroatoms. The normalized spacial score (nSPS) is 24.8. The molecule has 0 aromatic carbocycles. The second kappa shape index (κ2) is 15.4. The molecule has 1 rings (SSSR count). The summed E-state index contributed by atoms with van der Waals surface area (Å²) in [5.74, 6) is -1.72. The van der Waals surface area contributed by atoms with Crippen molar-refractivity contribution in [1.82, 2.24) is 5.32 Å². The number of nitrogens with one attached hydrogen (secondary N) is 1. The van der Waals surface area contributed by atoms with Gasteiger partial charge in [-0.25, -0.2) is 0 Å². The van der Waals surface area contributed by atoms with Crippen LogP contribution in [0.4, 0.5) is 0 Å². The van der Waals surface area contributed by atoms with Crippen molar-refractivity contribution in [2.45, 2.75) is 52.2 Å². The van der Waals surface area contributed by atoms with Gasteiger partial charge in [-0.05, 0) is 5.53 Å². The first-order chi connectivity index (χ1) is 15.3. The van der Waals surface area contributed by atoms with Gasteiger partial charge in [-0.2, -0.15) is 0 Å². The lowest BCUT2D eigenvalue weighted by atomic mass is 9.89. The van der Waals surface area contributed by atoms with Crippen LogP contribution in [0.1, 0.15) is 27.7 Å². The smallest absolute Gasteiger partial charge is 0.302 e. The molecule has 0 radical (unpaired) electrons. The van der Waals surface area contributed by atoms with E-state index in [4.69, 9.17) is 34.0 Å². The summed E-state index contributed by atoms with van der Waals surface area (Å²) in [5.41, 5.74) is 8.17. The molecule has 5 atom stereocenters. The SMILES string of the molecule is CC(=O)N[C@H]1[C@H](OCCOCCOCCN=[N+]=[N-])O[C@H](COC(C)=O)[C@H](C)[C@@H]1OC(C)=O. The average molecular weight is 460 g/mol.